The van der Waals surface area contributed by atoms with Gasteiger partial charge in [0.25, 0.3) is 0 Å². The lowest BCUT2D eigenvalue weighted by Crippen LogP contribution is -1.99. The normalized spacial score (nSPS) is 10.8. The van der Waals surface area contributed by atoms with Crippen LogP contribution in [0.5, 0.6) is 5.75 Å². The van der Waals surface area contributed by atoms with Gasteiger partial charge in [-0.15, -0.1) is 0 Å². The molecule has 0 aliphatic carbocycles. The molecule has 0 fully saturated rings. The van der Waals surface area contributed by atoms with E-state index in [1.165, 1.54) is 6.07 Å². The van der Waals surface area contributed by atoms with E-state index in [-0.39, 0.29) is 12.4 Å². The quantitative estimate of drug-likeness (QED) is 0.691. The van der Waals surface area contributed by atoms with Gasteiger partial charge < -0.3 is 9.15 Å². The van der Waals surface area contributed by atoms with Crippen molar-refractivity contribution in [1.82, 2.24) is 0 Å². The van der Waals surface area contributed by atoms with Gasteiger partial charge >= 0.3 is 5.63 Å². The predicted octanol–water partition coefficient (Wildman–Crippen LogP) is 3.65. The number of ether oxygens (including phenoxy) is 1. The van der Waals surface area contributed by atoms with Crippen molar-refractivity contribution in [3.63, 3.8) is 0 Å². The molecule has 21 heavy (non-hydrogen) atoms. The van der Waals surface area contributed by atoms with E-state index in [1.807, 2.05) is 0 Å². The van der Waals surface area contributed by atoms with E-state index in [0.29, 0.717) is 11.1 Å². The zero-order valence-corrected chi connectivity index (χ0v) is 10.8. The number of fused-ring (bicyclic) bond motifs is 1. The van der Waals surface area contributed by atoms with Gasteiger partial charge in [-0.25, -0.2) is 13.6 Å². The molecule has 106 valence electrons. The molecule has 0 bridgehead atoms. The van der Waals surface area contributed by atoms with Gasteiger partial charge in [0.1, 0.15) is 18.0 Å². The SMILES string of the molecule is O=c1ccc2ccc(COc3cc(F)ccc3F)cc2o1. The predicted molar refractivity (Wildman–Crippen MR) is 73.2 cm³/mol. The summed E-state index contributed by atoms with van der Waals surface area (Å²) in [5.41, 5.74) is 0.653. The van der Waals surface area contributed by atoms with Gasteiger partial charge in [-0.05, 0) is 29.8 Å². The molecule has 0 saturated heterocycles. The summed E-state index contributed by atoms with van der Waals surface area (Å²) in [6.07, 6.45) is 0. The molecule has 3 nitrogen and oxygen atoms in total. The molecule has 3 rings (SSSR count). The van der Waals surface area contributed by atoms with Crippen LogP contribution in [0, 0.1) is 11.6 Å². The topological polar surface area (TPSA) is 39.4 Å². The number of hydrogen-bond donors (Lipinski definition) is 0. The largest absolute Gasteiger partial charge is 0.486 e. The van der Waals surface area contributed by atoms with Crippen LogP contribution in [0.1, 0.15) is 5.56 Å². The van der Waals surface area contributed by atoms with E-state index in [2.05, 4.69) is 0 Å². The van der Waals surface area contributed by atoms with Crippen LogP contribution in [0.4, 0.5) is 8.78 Å². The van der Waals surface area contributed by atoms with Crippen LogP contribution in [0.2, 0.25) is 0 Å². The molecule has 5 heteroatoms. The lowest BCUT2D eigenvalue weighted by atomic mass is 10.1. The first-order valence-electron chi connectivity index (χ1n) is 6.22. The minimum absolute atomic E-state index is 0.0366. The Kier molecular flexibility index (Phi) is 3.39. The molecule has 0 saturated carbocycles. The minimum atomic E-state index is -0.635. The van der Waals surface area contributed by atoms with E-state index in [4.69, 9.17) is 9.15 Å². The van der Waals surface area contributed by atoms with Gasteiger partial charge in [0, 0.05) is 17.5 Å². The molecule has 2 aromatic carbocycles. The summed E-state index contributed by atoms with van der Waals surface area (Å²) in [5, 5.41) is 0.773. The van der Waals surface area contributed by atoms with E-state index < -0.39 is 17.3 Å². The summed E-state index contributed by atoms with van der Waals surface area (Å²) in [5.74, 6) is -1.37. The molecule has 0 unspecified atom stereocenters. The maximum absolute atomic E-state index is 13.4. The maximum atomic E-state index is 13.4. The van der Waals surface area contributed by atoms with Crippen molar-refractivity contribution in [2.45, 2.75) is 6.61 Å². The first-order valence-corrected chi connectivity index (χ1v) is 6.22. The average Bonchev–Trinajstić information content (AvgIpc) is 2.47. The Morgan fingerprint density at radius 2 is 1.81 bits per heavy atom. The zero-order valence-electron chi connectivity index (χ0n) is 10.8. The molecule has 1 heterocycles. The smallest absolute Gasteiger partial charge is 0.336 e. The number of hydrogen-bond acceptors (Lipinski definition) is 3. The van der Waals surface area contributed by atoms with Crippen molar-refractivity contribution in [2.24, 2.45) is 0 Å². The first kappa shape index (κ1) is 13.3. The zero-order chi connectivity index (χ0) is 14.8. The summed E-state index contributed by atoms with van der Waals surface area (Å²) >= 11 is 0. The Labute approximate surface area is 118 Å². The highest BCUT2D eigenvalue weighted by atomic mass is 19.1. The number of halogens is 2. The Bertz CT molecular complexity index is 856. The lowest BCUT2D eigenvalue weighted by molar-refractivity contribution is 0.288. The fraction of sp³-hybridized carbons (Fsp3) is 0.0625. The molecule has 0 spiro atoms. The lowest BCUT2D eigenvalue weighted by Gasteiger charge is -2.08. The summed E-state index contributed by atoms with van der Waals surface area (Å²) in [7, 11) is 0. The molecule has 1 aromatic heterocycles. The second kappa shape index (κ2) is 5.36. The fourth-order valence-electron chi connectivity index (χ4n) is 1.94. The monoisotopic (exact) mass is 288 g/mol. The number of rotatable bonds is 3. The molecule has 0 atom stereocenters. The summed E-state index contributed by atoms with van der Waals surface area (Å²) in [4.78, 5) is 11.2. The third-order valence-corrected chi connectivity index (χ3v) is 2.98. The molecule has 0 radical (unpaired) electrons. The Balaban J connectivity index is 1.85. The van der Waals surface area contributed by atoms with Gasteiger partial charge in [0.15, 0.2) is 11.6 Å². The average molecular weight is 288 g/mol. The van der Waals surface area contributed by atoms with Crippen LogP contribution in [0.3, 0.4) is 0 Å². The minimum Gasteiger partial charge on any atom is -0.486 e. The van der Waals surface area contributed by atoms with Crippen molar-refractivity contribution in [1.29, 1.82) is 0 Å². The molecular weight excluding hydrogens is 278 g/mol. The van der Waals surface area contributed by atoms with Crippen molar-refractivity contribution in [3.8, 4) is 5.75 Å². The van der Waals surface area contributed by atoms with E-state index in [0.717, 1.165) is 23.6 Å². The Morgan fingerprint density at radius 3 is 2.67 bits per heavy atom. The van der Waals surface area contributed by atoms with Crippen LogP contribution >= 0.6 is 0 Å². The third kappa shape index (κ3) is 2.91. The van der Waals surface area contributed by atoms with Crippen molar-refractivity contribution >= 4 is 11.0 Å². The van der Waals surface area contributed by atoms with Crippen molar-refractivity contribution in [2.75, 3.05) is 0 Å². The van der Waals surface area contributed by atoms with Crippen LogP contribution < -0.4 is 10.4 Å². The summed E-state index contributed by atoms with van der Waals surface area (Å²) < 4.78 is 36.8. The highest BCUT2D eigenvalue weighted by Gasteiger charge is 2.06. The third-order valence-electron chi connectivity index (χ3n) is 2.98. The van der Waals surface area contributed by atoms with Gasteiger partial charge in [-0.1, -0.05) is 12.1 Å². The van der Waals surface area contributed by atoms with Gasteiger partial charge in [-0.2, -0.15) is 0 Å². The highest BCUT2D eigenvalue weighted by Crippen LogP contribution is 2.20. The van der Waals surface area contributed by atoms with E-state index >= 15 is 0 Å². The van der Waals surface area contributed by atoms with Crippen LogP contribution in [0.25, 0.3) is 11.0 Å². The number of benzene rings is 2. The van der Waals surface area contributed by atoms with Gasteiger partial charge in [0.2, 0.25) is 0 Å². The van der Waals surface area contributed by atoms with Crippen LogP contribution in [-0.4, -0.2) is 0 Å². The summed E-state index contributed by atoms with van der Waals surface area (Å²) in [6, 6.07) is 11.2. The second-order valence-corrected chi connectivity index (χ2v) is 4.49. The van der Waals surface area contributed by atoms with Crippen molar-refractivity contribution < 1.29 is 17.9 Å². The van der Waals surface area contributed by atoms with Crippen LogP contribution in [-0.2, 0) is 6.61 Å². The molecule has 0 amide bonds. The summed E-state index contributed by atoms with van der Waals surface area (Å²) in [6.45, 7) is 0.0366. The molecule has 0 aliphatic rings. The van der Waals surface area contributed by atoms with E-state index in [1.54, 1.807) is 24.3 Å². The van der Waals surface area contributed by atoms with Gasteiger partial charge in [0.05, 0.1) is 0 Å². The molecule has 0 N–H and O–H groups in total. The highest BCUT2D eigenvalue weighted by molar-refractivity contribution is 5.76. The second-order valence-electron chi connectivity index (χ2n) is 4.49. The molecular formula is C16H10F2O3. The first-order chi connectivity index (χ1) is 10.1. The van der Waals surface area contributed by atoms with E-state index in [9.17, 15) is 13.6 Å². The standard InChI is InChI=1S/C16H10F2O3/c17-12-4-5-13(18)15(8-12)20-9-10-1-2-11-3-6-16(19)21-14(11)7-10/h1-8H,9H2. The fourth-order valence-corrected chi connectivity index (χ4v) is 1.94. The van der Waals surface area contributed by atoms with Crippen LogP contribution in [0.15, 0.2) is 57.7 Å². The molecule has 3 aromatic rings. The Morgan fingerprint density at radius 1 is 1.00 bits per heavy atom. The molecule has 0 aliphatic heterocycles. The Hall–Kier alpha value is -2.69. The van der Waals surface area contributed by atoms with Gasteiger partial charge in [-0.3, -0.25) is 0 Å². The van der Waals surface area contributed by atoms with Crippen molar-refractivity contribution in [3.05, 3.63) is 76.1 Å². The maximum Gasteiger partial charge on any atom is 0.336 e.